The van der Waals surface area contributed by atoms with Crippen LogP contribution in [-0.2, 0) is 7.05 Å². The van der Waals surface area contributed by atoms with Crippen molar-refractivity contribution < 1.29 is 38.1 Å². The maximum absolute atomic E-state index is 12.5. The van der Waals surface area contributed by atoms with E-state index in [2.05, 4.69) is 0 Å². The van der Waals surface area contributed by atoms with Gasteiger partial charge in [0.25, 0.3) is 11.8 Å². The molecule has 2 aromatic carbocycles. The Morgan fingerprint density at radius 3 is 2.09 bits per heavy atom. The first-order valence-corrected chi connectivity index (χ1v) is 10.9. The Bertz CT molecular complexity index is 1080. The van der Waals surface area contributed by atoms with Gasteiger partial charge in [-0.05, 0) is 43.5 Å². The van der Waals surface area contributed by atoms with E-state index >= 15 is 0 Å². The van der Waals surface area contributed by atoms with Crippen LogP contribution in [0.4, 0.5) is 5.69 Å². The number of amides is 2. The Morgan fingerprint density at radius 2 is 1.45 bits per heavy atom. The smallest absolute Gasteiger partial charge is 0.261 e. The third-order valence-electron chi connectivity index (χ3n) is 5.53. The van der Waals surface area contributed by atoms with Gasteiger partial charge in [0.1, 0.15) is 7.05 Å². The highest BCUT2D eigenvalue weighted by Gasteiger charge is 2.34. The molecule has 170 valence electrons. The lowest BCUT2D eigenvalue weighted by Crippen LogP contribution is -3.00. The average Bonchev–Trinajstić information content (AvgIpc) is 3.07. The van der Waals surface area contributed by atoms with Gasteiger partial charge in [0.2, 0.25) is 0 Å². The lowest BCUT2D eigenvalue weighted by atomic mass is 10.1. The Hall–Kier alpha value is -3.07. The number of fused-ring (bicyclic) bond motifs is 1. The molecule has 1 aromatic heterocycles. The summed E-state index contributed by atoms with van der Waals surface area (Å²) in [4.78, 5) is 26.3. The van der Waals surface area contributed by atoms with Gasteiger partial charge in [0.15, 0.2) is 12.4 Å². The van der Waals surface area contributed by atoms with Gasteiger partial charge in [0.05, 0.1) is 23.0 Å². The van der Waals surface area contributed by atoms with Gasteiger partial charge in [-0.15, -0.1) is 0 Å². The number of benzene rings is 2. The van der Waals surface area contributed by atoms with Gasteiger partial charge in [-0.3, -0.25) is 19.5 Å². The van der Waals surface area contributed by atoms with Crippen LogP contribution in [0.1, 0.15) is 45.5 Å². The molecule has 33 heavy (non-hydrogen) atoms. The van der Waals surface area contributed by atoms with Crippen LogP contribution in [0.15, 0.2) is 84.2 Å². The predicted octanol–water partition coefficient (Wildman–Crippen LogP) is 0.822. The number of hydrogen-bond donors (Lipinski definition) is 0. The highest BCUT2D eigenvalue weighted by molar-refractivity contribution is 6.21. The molecule has 0 saturated carbocycles. The number of imide groups is 1. The Kier molecular flexibility index (Phi) is 8.71. The zero-order chi connectivity index (χ0) is 22.3. The molecule has 0 spiro atoms. The zero-order valence-corrected chi connectivity index (χ0v) is 20.8. The van der Waals surface area contributed by atoms with E-state index in [1.54, 1.807) is 24.3 Å². The summed E-state index contributed by atoms with van der Waals surface area (Å²) in [5.41, 5.74) is 3.09. The van der Waals surface area contributed by atoms with Crippen LogP contribution in [0.3, 0.4) is 0 Å². The largest absolute Gasteiger partial charge is 1.00 e. The molecule has 7 heteroatoms. The third kappa shape index (κ3) is 6.04. The molecule has 0 fully saturated rings. The van der Waals surface area contributed by atoms with E-state index in [9.17, 15) is 9.59 Å². The van der Waals surface area contributed by atoms with Crippen LogP contribution in [-0.4, -0.2) is 36.0 Å². The molecule has 2 heterocycles. The van der Waals surface area contributed by atoms with Crippen molar-refractivity contribution in [1.29, 1.82) is 0 Å². The minimum atomic E-state index is -0.183. The lowest BCUT2D eigenvalue weighted by molar-refractivity contribution is -0.671. The monoisotopic (exact) mass is 554 g/mol. The van der Waals surface area contributed by atoms with Crippen molar-refractivity contribution >= 4 is 23.7 Å². The maximum Gasteiger partial charge on any atom is 0.261 e. The number of anilines is 1. The van der Waals surface area contributed by atoms with Crippen molar-refractivity contribution in [2.45, 2.75) is 19.3 Å². The van der Waals surface area contributed by atoms with Crippen LogP contribution in [0.5, 0.6) is 0 Å². The number of nitrogens with zero attached hydrogens (tertiary/aromatic N) is 4. The van der Waals surface area contributed by atoms with E-state index in [4.69, 9.17) is 5.10 Å². The fourth-order valence-corrected chi connectivity index (χ4v) is 3.74. The van der Waals surface area contributed by atoms with E-state index in [1.165, 1.54) is 4.90 Å². The summed E-state index contributed by atoms with van der Waals surface area (Å²) < 4.78 is 1.99. The van der Waals surface area contributed by atoms with Crippen molar-refractivity contribution in [3.63, 3.8) is 0 Å². The molecule has 1 aliphatic heterocycles. The normalized spacial score (nSPS) is 12.7. The zero-order valence-electron chi connectivity index (χ0n) is 18.6. The van der Waals surface area contributed by atoms with Crippen LogP contribution >= 0.6 is 0 Å². The number of carbonyl (C=O) groups excluding carboxylic acids is 2. The molecule has 2 amide bonds. The second-order valence-corrected chi connectivity index (χ2v) is 7.87. The van der Waals surface area contributed by atoms with E-state index < -0.39 is 0 Å². The Balaban J connectivity index is 0.00000306. The molecular weight excluding hydrogens is 527 g/mol. The predicted molar refractivity (Wildman–Crippen MR) is 125 cm³/mol. The number of aryl methyl sites for hydroxylation is 1. The molecule has 0 N–H and O–H groups in total. The van der Waals surface area contributed by atoms with Crippen LogP contribution in [0, 0.1) is 0 Å². The second-order valence-electron chi connectivity index (χ2n) is 7.87. The molecule has 0 atom stereocenters. The third-order valence-corrected chi connectivity index (χ3v) is 5.53. The summed E-state index contributed by atoms with van der Waals surface area (Å²) in [5, 5.41) is 6.70. The van der Waals surface area contributed by atoms with Crippen LogP contribution < -0.4 is 33.6 Å². The summed E-state index contributed by atoms with van der Waals surface area (Å²) >= 11 is 0. The first kappa shape index (κ1) is 24.6. The molecule has 0 saturated heterocycles. The van der Waals surface area contributed by atoms with Gasteiger partial charge in [0, 0.05) is 30.8 Å². The van der Waals surface area contributed by atoms with E-state index in [0.717, 1.165) is 37.1 Å². The Labute approximate surface area is 211 Å². The van der Waals surface area contributed by atoms with Crippen LogP contribution in [0.2, 0.25) is 0 Å². The Morgan fingerprint density at radius 1 is 0.848 bits per heavy atom. The molecule has 6 nitrogen and oxygen atoms in total. The lowest BCUT2D eigenvalue weighted by Gasteiger charge is -2.19. The maximum atomic E-state index is 12.5. The fourth-order valence-electron chi connectivity index (χ4n) is 3.74. The van der Waals surface area contributed by atoms with Gasteiger partial charge in [-0.2, -0.15) is 5.10 Å². The number of pyridine rings is 1. The second kappa shape index (κ2) is 11.7. The minimum Gasteiger partial charge on any atom is -1.00 e. The fraction of sp³-hybridized carbons (Fsp3) is 0.231. The summed E-state index contributed by atoms with van der Waals surface area (Å²) in [6, 6.07) is 21.2. The standard InChI is InChI=1S/C26H27N4O2.HI/c1-28-18-14-21(15-19-28)20-27-30(22-10-4-2-5-11-22)17-9-3-8-16-29-25(31)23-12-6-7-13-24(23)26(29)32;/h2,4-7,10-15,18-20H,3,8-9,16-17H2,1H3;1H/q+1;/p-1. The molecule has 1 aliphatic rings. The van der Waals surface area contributed by atoms with E-state index in [1.807, 2.05) is 77.7 Å². The molecule has 4 rings (SSSR count). The average molecular weight is 554 g/mol. The molecular formula is C26H27IN4O2. The topological polar surface area (TPSA) is 56.9 Å². The molecule has 3 aromatic rings. The number of aromatic nitrogens is 1. The first-order chi connectivity index (χ1) is 15.6. The number of rotatable bonds is 9. The quantitative estimate of drug-likeness (QED) is 0.0984. The first-order valence-electron chi connectivity index (χ1n) is 10.9. The van der Waals surface area contributed by atoms with E-state index in [-0.39, 0.29) is 35.8 Å². The van der Waals surface area contributed by atoms with E-state index in [0.29, 0.717) is 17.7 Å². The van der Waals surface area contributed by atoms with Crippen molar-refractivity contribution in [2.75, 3.05) is 18.1 Å². The highest BCUT2D eigenvalue weighted by Crippen LogP contribution is 2.23. The van der Waals surface area contributed by atoms with Gasteiger partial charge in [-0.1, -0.05) is 30.3 Å². The van der Waals surface area contributed by atoms with Crippen molar-refractivity contribution in [1.82, 2.24) is 4.90 Å². The molecule has 0 aliphatic carbocycles. The SMILES string of the molecule is C[n+]1ccc(/C=N/N(CCCCCN2C(=O)c3ccccc3C2=O)c2ccccc2)cc1.[I-]. The molecule has 0 bridgehead atoms. The number of para-hydroxylation sites is 1. The minimum absolute atomic E-state index is 0. The van der Waals surface area contributed by atoms with Crippen molar-refractivity contribution in [3.8, 4) is 0 Å². The number of hydrazone groups is 1. The summed E-state index contributed by atoms with van der Waals surface area (Å²) in [6.45, 7) is 1.20. The highest BCUT2D eigenvalue weighted by atomic mass is 127. The van der Waals surface area contributed by atoms with Gasteiger partial charge in [-0.25, -0.2) is 4.57 Å². The van der Waals surface area contributed by atoms with Crippen LogP contribution in [0.25, 0.3) is 0 Å². The summed E-state index contributed by atoms with van der Waals surface area (Å²) in [5.74, 6) is -0.366. The molecule has 0 unspecified atom stereocenters. The van der Waals surface area contributed by atoms with Gasteiger partial charge >= 0.3 is 0 Å². The number of halogens is 1. The number of unbranched alkanes of at least 4 members (excludes halogenated alkanes) is 2. The van der Waals surface area contributed by atoms with Gasteiger partial charge < -0.3 is 24.0 Å². The molecule has 0 radical (unpaired) electrons. The van der Waals surface area contributed by atoms with Crippen molar-refractivity contribution in [3.05, 3.63) is 95.8 Å². The number of carbonyl (C=O) groups is 2. The summed E-state index contributed by atoms with van der Waals surface area (Å²) in [6.07, 6.45) is 8.42. The summed E-state index contributed by atoms with van der Waals surface area (Å²) in [7, 11) is 1.99. The van der Waals surface area contributed by atoms with Crippen molar-refractivity contribution in [2.24, 2.45) is 12.1 Å². The number of hydrogen-bond acceptors (Lipinski definition) is 4.